The summed E-state index contributed by atoms with van der Waals surface area (Å²) in [5, 5.41) is 0. The molecule has 0 atom stereocenters. The van der Waals surface area contributed by atoms with Crippen LogP contribution in [0, 0.1) is 11.8 Å². The highest BCUT2D eigenvalue weighted by molar-refractivity contribution is 5.81. The first kappa shape index (κ1) is 21.9. The van der Waals surface area contributed by atoms with E-state index < -0.39 is 12.1 Å². The topological polar surface area (TPSA) is 23.6 Å². The van der Waals surface area contributed by atoms with Crippen molar-refractivity contribution in [3.63, 3.8) is 0 Å². The fourth-order valence-electron chi connectivity index (χ4n) is 4.96. The highest BCUT2D eigenvalue weighted by atomic mass is 19.4. The molecule has 2 fully saturated rings. The average Bonchev–Trinajstić information content (AvgIpc) is 2.75. The van der Waals surface area contributed by atoms with Gasteiger partial charge in [0.25, 0.3) is 0 Å². The molecule has 31 heavy (non-hydrogen) atoms. The molecule has 0 saturated carbocycles. The molecule has 4 rings (SSSR count). The van der Waals surface area contributed by atoms with E-state index in [4.69, 9.17) is 0 Å². The Balaban J connectivity index is 1.26. The number of hydrogen-bond acceptors (Lipinski definition) is 2. The van der Waals surface area contributed by atoms with Gasteiger partial charge in [0.15, 0.2) is 0 Å². The van der Waals surface area contributed by atoms with Gasteiger partial charge >= 0.3 is 12.1 Å². The fourth-order valence-corrected chi connectivity index (χ4v) is 4.96. The minimum Gasteiger partial charge on any atom is -0.335 e. The van der Waals surface area contributed by atoms with Crippen LogP contribution in [0.25, 0.3) is 0 Å². The molecule has 0 N–H and O–H groups in total. The number of alkyl halides is 3. The van der Waals surface area contributed by atoms with E-state index >= 15 is 0 Å². The summed E-state index contributed by atoms with van der Waals surface area (Å²) in [6.45, 7) is 2.54. The van der Waals surface area contributed by atoms with Gasteiger partial charge in [0.1, 0.15) is 0 Å². The van der Waals surface area contributed by atoms with Crippen LogP contribution in [0.2, 0.25) is 0 Å². The second kappa shape index (κ2) is 9.43. The maximum Gasteiger partial charge on any atom is 0.471 e. The summed E-state index contributed by atoms with van der Waals surface area (Å²) in [5.41, 5.74) is 2.60. The smallest absolute Gasteiger partial charge is 0.335 e. The van der Waals surface area contributed by atoms with Crippen molar-refractivity contribution in [1.82, 2.24) is 9.80 Å². The lowest BCUT2D eigenvalue weighted by molar-refractivity contribution is -0.186. The third kappa shape index (κ3) is 5.29. The second-order valence-electron chi connectivity index (χ2n) is 8.85. The molecule has 3 nitrogen and oxygen atoms in total. The Morgan fingerprint density at radius 3 is 1.81 bits per heavy atom. The first-order chi connectivity index (χ1) is 14.9. The van der Waals surface area contributed by atoms with E-state index in [-0.39, 0.29) is 19.1 Å². The zero-order valence-corrected chi connectivity index (χ0v) is 17.6. The molecule has 2 aliphatic rings. The number of carbonyl (C=O) groups excluding carboxylic acids is 1. The van der Waals surface area contributed by atoms with Crippen LogP contribution >= 0.6 is 0 Å². The molecule has 0 aromatic heterocycles. The van der Waals surface area contributed by atoms with Crippen molar-refractivity contribution in [2.75, 3.05) is 26.2 Å². The van der Waals surface area contributed by atoms with E-state index in [1.807, 2.05) is 12.1 Å². The quantitative estimate of drug-likeness (QED) is 0.622. The number of hydrogen-bond donors (Lipinski definition) is 0. The van der Waals surface area contributed by atoms with Gasteiger partial charge in [0.05, 0.1) is 6.04 Å². The molecule has 166 valence electrons. The van der Waals surface area contributed by atoms with Crippen LogP contribution in [0.4, 0.5) is 13.2 Å². The lowest BCUT2D eigenvalue weighted by Crippen LogP contribution is -2.49. The minimum absolute atomic E-state index is 0.226. The third-order valence-corrected chi connectivity index (χ3v) is 6.71. The van der Waals surface area contributed by atoms with Crippen LogP contribution in [0.15, 0.2) is 60.7 Å². The summed E-state index contributed by atoms with van der Waals surface area (Å²) in [5.74, 6) is -0.636. The largest absolute Gasteiger partial charge is 0.471 e. The Labute approximate surface area is 181 Å². The summed E-state index contributed by atoms with van der Waals surface area (Å²) in [6.07, 6.45) is -1.27. The van der Waals surface area contributed by atoms with E-state index in [1.165, 1.54) is 11.1 Å². The van der Waals surface area contributed by atoms with Crippen molar-refractivity contribution >= 4 is 5.91 Å². The highest BCUT2D eigenvalue weighted by Gasteiger charge is 2.43. The van der Waals surface area contributed by atoms with Crippen molar-refractivity contribution in [3.05, 3.63) is 71.8 Å². The van der Waals surface area contributed by atoms with Crippen LogP contribution in [-0.4, -0.2) is 48.1 Å². The SMILES string of the molecule is O=C(N1CCC(CCC2CN(C(c3ccccc3)c3ccccc3)C2)CC1)C(F)(F)F. The number of amides is 1. The van der Waals surface area contributed by atoms with E-state index in [2.05, 4.69) is 53.4 Å². The normalized spacial score (nSPS) is 18.9. The first-order valence-electron chi connectivity index (χ1n) is 11.1. The van der Waals surface area contributed by atoms with Crippen molar-refractivity contribution in [1.29, 1.82) is 0 Å². The molecule has 0 radical (unpaired) electrons. The van der Waals surface area contributed by atoms with Gasteiger partial charge in [-0.15, -0.1) is 0 Å². The van der Waals surface area contributed by atoms with Crippen LogP contribution in [0.5, 0.6) is 0 Å². The molecule has 2 aromatic rings. The molecule has 2 saturated heterocycles. The maximum absolute atomic E-state index is 12.6. The molecule has 6 heteroatoms. The summed E-state index contributed by atoms with van der Waals surface area (Å²) in [7, 11) is 0. The third-order valence-electron chi connectivity index (χ3n) is 6.71. The predicted molar refractivity (Wildman–Crippen MR) is 114 cm³/mol. The lowest BCUT2D eigenvalue weighted by Gasteiger charge is -2.45. The van der Waals surface area contributed by atoms with Crippen molar-refractivity contribution in [2.45, 2.75) is 37.9 Å². The van der Waals surface area contributed by atoms with Crippen molar-refractivity contribution in [3.8, 4) is 0 Å². The summed E-state index contributed by atoms with van der Waals surface area (Å²) < 4.78 is 37.8. The molecule has 0 bridgehead atoms. The number of halogens is 3. The Kier molecular flexibility index (Phi) is 6.65. The Hall–Kier alpha value is -2.34. The number of benzene rings is 2. The van der Waals surface area contributed by atoms with Gasteiger partial charge in [0, 0.05) is 26.2 Å². The van der Waals surface area contributed by atoms with Crippen molar-refractivity contribution < 1.29 is 18.0 Å². The lowest BCUT2D eigenvalue weighted by atomic mass is 9.84. The Morgan fingerprint density at radius 1 is 0.839 bits per heavy atom. The highest BCUT2D eigenvalue weighted by Crippen LogP contribution is 2.37. The number of likely N-dealkylation sites (tertiary alicyclic amines) is 2. The van der Waals surface area contributed by atoms with Gasteiger partial charge in [-0.3, -0.25) is 9.69 Å². The Morgan fingerprint density at radius 2 is 1.32 bits per heavy atom. The van der Waals surface area contributed by atoms with Gasteiger partial charge in [0.2, 0.25) is 0 Å². The fraction of sp³-hybridized carbons (Fsp3) is 0.480. The monoisotopic (exact) mass is 430 g/mol. The maximum atomic E-state index is 12.6. The second-order valence-corrected chi connectivity index (χ2v) is 8.85. The molecular weight excluding hydrogens is 401 g/mol. The van der Waals surface area contributed by atoms with Crippen molar-refractivity contribution in [2.24, 2.45) is 11.8 Å². The molecule has 0 aliphatic carbocycles. The molecule has 0 spiro atoms. The van der Waals surface area contributed by atoms with E-state index in [0.717, 1.165) is 30.8 Å². The molecule has 0 unspecified atom stereocenters. The predicted octanol–water partition coefficient (Wildman–Crippen LogP) is 5.29. The van der Waals surface area contributed by atoms with Crippen LogP contribution in [-0.2, 0) is 4.79 Å². The van der Waals surface area contributed by atoms with Crippen LogP contribution < -0.4 is 0 Å². The number of carbonyl (C=O) groups is 1. The summed E-state index contributed by atoms with van der Waals surface area (Å²) in [6, 6.07) is 21.4. The van der Waals surface area contributed by atoms with E-state index in [9.17, 15) is 18.0 Å². The van der Waals surface area contributed by atoms with Gasteiger partial charge in [-0.2, -0.15) is 13.2 Å². The zero-order chi connectivity index (χ0) is 21.8. The Bertz CT molecular complexity index is 803. The van der Waals surface area contributed by atoms with Gasteiger partial charge < -0.3 is 4.90 Å². The van der Waals surface area contributed by atoms with Crippen LogP contribution in [0.1, 0.15) is 42.9 Å². The minimum atomic E-state index is -4.75. The molecule has 2 aromatic carbocycles. The van der Waals surface area contributed by atoms with Gasteiger partial charge in [-0.25, -0.2) is 0 Å². The number of rotatable bonds is 6. The summed E-state index contributed by atoms with van der Waals surface area (Å²) >= 11 is 0. The number of piperidine rings is 1. The molecular formula is C25H29F3N2O. The zero-order valence-electron chi connectivity index (χ0n) is 17.6. The average molecular weight is 431 g/mol. The van der Waals surface area contributed by atoms with Crippen LogP contribution in [0.3, 0.4) is 0 Å². The van der Waals surface area contributed by atoms with E-state index in [0.29, 0.717) is 24.7 Å². The summed E-state index contributed by atoms with van der Waals surface area (Å²) in [4.78, 5) is 14.9. The van der Waals surface area contributed by atoms with Gasteiger partial charge in [-0.1, -0.05) is 60.7 Å². The van der Waals surface area contributed by atoms with E-state index in [1.54, 1.807) is 0 Å². The number of nitrogens with zero attached hydrogens (tertiary/aromatic N) is 2. The molecule has 1 amide bonds. The van der Waals surface area contributed by atoms with Gasteiger partial charge in [-0.05, 0) is 48.6 Å². The first-order valence-corrected chi connectivity index (χ1v) is 11.1. The molecule has 2 aliphatic heterocycles. The standard InChI is InChI=1S/C25H29F3N2O/c26-25(27,28)24(31)29-15-13-19(14-16-29)11-12-20-17-30(18-20)23(21-7-3-1-4-8-21)22-9-5-2-6-10-22/h1-10,19-20,23H,11-18H2. The molecule has 2 heterocycles.